The van der Waals surface area contributed by atoms with Crippen molar-refractivity contribution in [3.63, 3.8) is 0 Å². The summed E-state index contributed by atoms with van der Waals surface area (Å²) in [5, 5.41) is 13.1. The molecule has 29 heavy (non-hydrogen) atoms. The summed E-state index contributed by atoms with van der Waals surface area (Å²) in [5.74, 6) is 0.714. The van der Waals surface area contributed by atoms with Gasteiger partial charge in [-0.05, 0) is 62.1 Å². The second kappa shape index (κ2) is 6.96. The average Bonchev–Trinajstić information content (AvgIpc) is 3.04. The molecule has 148 valence electrons. The maximum atomic E-state index is 13.4. The summed E-state index contributed by atoms with van der Waals surface area (Å²) >= 11 is 0. The minimum Gasteiger partial charge on any atom is -0.361 e. The van der Waals surface area contributed by atoms with Crippen molar-refractivity contribution in [3.8, 4) is 17.2 Å². The highest BCUT2D eigenvalue weighted by Gasteiger charge is 2.35. The van der Waals surface area contributed by atoms with Gasteiger partial charge < -0.3 is 9.42 Å². The molecule has 0 N–H and O–H groups in total. The third kappa shape index (κ3) is 3.25. The van der Waals surface area contributed by atoms with Gasteiger partial charge in [-0.25, -0.2) is 0 Å². The van der Waals surface area contributed by atoms with Gasteiger partial charge in [0.2, 0.25) is 0 Å². The largest absolute Gasteiger partial charge is 0.417 e. The van der Waals surface area contributed by atoms with Crippen LogP contribution in [0.5, 0.6) is 0 Å². The molecule has 2 heterocycles. The summed E-state index contributed by atoms with van der Waals surface area (Å²) in [6, 6.07) is 11.3. The molecule has 0 amide bonds. The SMILES string of the molecule is Cc1noc(C)c1-c1cccc2c1CCCN2c1ccc(C#N)c(C(F)(F)F)c1. The van der Waals surface area contributed by atoms with Crippen LogP contribution in [0.1, 0.15) is 34.6 Å². The van der Waals surface area contributed by atoms with Crippen LogP contribution in [0.4, 0.5) is 24.5 Å². The first-order valence-electron chi connectivity index (χ1n) is 9.25. The summed E-state index contributed by atoms with van der Waals surface area (Å²) in [5.41, 5.74) is 3.78. The van der Waals surface area contributed by atoms with E-state index in [4.69, 9.17) is 9.78 Å². The first-order chi connectivity index (χ1) is 13.8. The average molecular weight is 397 g/mol. The smallest absolute Gasteiger partial charge is 0.361 e. The van der Waals surface area contributed by atoms with E-state index in [1.807, 2.05) is 36.9 Å². The Morgan fingerprint density at radius 3 is 2.62 bits per heavy atom. The highest BCUT2D eigenvalue weighted by molar-refractivity contribution is 5.80. The van der Waals surface area contributed by atoms with Gasteiger partial charge in [-0.3, -0.25) is 0 Å². The van der Waals surface area contributed by atoms with Gasteiger partial charge in [-0.15, -0.1) is 0 Å². The van der Waals surface area contributed by atoms with E-state index in [1.54, 1.807) is 12.1 Å². The molecule has 0 fully saturated rings. The van der Waals surface area contributed by atoms with Crippen LogP contribution in [-0.4, -0.2) is 11.7 Å². The zero-order valence-electron chi connectivity index (χ0n) is 16.0. The third-order valence-electron chi connectivity index (χ3n) is 5.29. The number of benzene rings is 2. The summed E-state index contributed by atoms with van der Waals surface area (Å²) in [6.07, 6.45) is -2.97. The summed E-state index contributed by atoms with van der Waals surface area (Å²) in [7, 11) is 0. The van der Waals surface area contributed by atoms with Gasteiger partial charge in [0.05, 0.1) is 22.9 Å². The molecule has 4 rings (SSSR count). The highest BCUT2D eigenvalue weighted by Crippen LogP contribution is 2.42. The predicted molar refractivity (Wildman–Crippen MR) is 103 cm³/mol. The third-order valence-corrected chi connectivity index (χ3v) is 5.29. The van der Waals surface area contributed by atoms with Crippen LogP contribution >= 0.6 is 0 Å². The number of hydrogen-bond donors (Lipinski definition) is 0. The Hall–Kier alpha value is -3.27. The van der Waals surface area contributed by atoms with Crippen LogP contribution in [-0.2, 0) is 12.6 Å². The lowest BCUT2D eigenvalue weighted by molar-refractivity contribution is -0.137. The topological polar surface area (TPSA) is 53.1 Å². The Labute approximate surface area is 166 Å². The number of hydrogen-bond acceptors (Lipinski definition) is 4. The van der Waals surface area contributed by atoms with Crippen LogP contribution in [0.25, 0.3) is 11.1 Å². The van der Waals surface area contributed by atoms with Gasteiger partial charge in [0.15, 0.2) is 0 Å². The van der Waals surface area contributed by atoms with E-state index in [0.29, 0.717) is 18.0 Å². The fourth-order valence-electron chi connectivity index (χ4n) is 4.03. The number of rotatable bonds is 2. The fourth-order valence-corrected chi connectivity index (χ4v) is 4.03. The number of nitrogens with zero attached hydrogens (tertiary/aromatic N) is 3. The van der Waals surface area contributed by atoms with Crippen molar-refractivity contribution in [1.82, 2.24) is 5.16 Å². The molecular weight excluding hydrogens is 379 g/mol. The van der Waals surface area contributed by atoms with Crippen molar-refractivity contribution >= 4 is 11.4 Å². The van der Waals surface area contributed by atoms with E-state index >= 15 is 0 Å². The molecule has 0 unspecified atom stereocenters. The maximum absolute atomic E-state index is 13.4. The molecule has 1 aromatic heterocycles. The lowest BCUT2D eigenvalue weighted by Gasteiger charge is -2.33. The van der Waals surface area contributed by atoms with Crippen molar-refractivity contribution in [3.05, 3.63) is 64.5 Å². The van der Waals surface area contributed by atoms with E-state index in [9.17, 15) is 13.2 Å². The number of fused-ring (bicyclic) bond motifs is 1. The Kier molecular flexibility index (Phi) is 4.58. The van der Waals surface area contributed by atoms with Gasteiger partial charge in [-0.1, -0.05) is 17.3 Å². The van der Waals surface area contributed by atoms with Gasteiger partial charge in [-0.2, -0.15) is 18.4 Å². The maximum Gasteiger partial charge on any atom is 0.417 e. The predicted octanol–water partition coefficient (Wildman–Crippen LogP) is 5.93. The van der Waals surface area contributed by atoms with Crippen LogP contribution in [0.15, 0.2) is 40.9 Å². The van der Waals surface area contributed by atoms with Crippen molar-refractivity contribution in [1.29, 1.82) is 5.26 Å². The van der Waals surface area contributed by atoms with E-state index < -0.39 is 11.7 Å². The molecule has 0 saturated carbocycles. The standard InChI is InChI=1S/C22H18F3N3O/c1-13-21(14(2)29-27-13)18-5-3-7-20-17(18)6-4-10-28(20)16-9-8-15(12-26)19(11-16)22(23,24)25/h3,5,7-9,11H,4,6,10H2,1-2H3. The summed E-state index contributed by atoms with van der Waals surface area (Å²) in [6.45, 7) is 4.33. The molecule has 0 bridgehead atoms. The number of anilines is 2. The highest BCUT2D eigenvalue weighted by atomic mass is 19.4. The summed E-state index contributed by atoms with van der Waals surface area (Å²) in [4.78, 5) is 1.89. The zero-order valence-corrected chi connectivity index (χ0v) is 16.0. The monoisotopic (exact) mass is 397 g/mol. The van der Waals surface area contributed by atoms with Crippen LogP contribution < -0.4 is 4.90 Å². The molecule has 0 saturated heterocycles. The number of nitriles is 1. The second-order valence-corrected chi connectivity index (χ2v) is 7.10. The van der Waals surface area contributed by atoms with Crippen LogP contribution in [0.3, 0.4) is 0 Å². The number of halogens is 3. The molecule has 2 aromatic carbocycles. The van der Waals surface area contributed by atoms with E-state index in [2.05, 4.69) is 5.16 Å². The normalized spacial score (nSPS) is 13.9. The lowest BCUT2D eigenvalue weighted by atomic mass is 9.91. The molecule has 0 atom stereocenters. The Bertz CT molecular complexity index is 1110. The molecular formula is C22H18F3N3O. The quantitative estimate of drug-likeness (QED) is 0.538. The minimum atomic E-state index is -4.59. The second-order valence-electron chi connectivity index (χ2n) is 7.10. The van der Waals surface area contributed by atoms with E-state index in [-0.39, 0.29) is 5.56 Å². The lowest BCUT2D eigenvalue weighted by Crippen LogP contribution is -2.25. The van der Waals surface area contributed by atoms with Gasteiger partial charge >= 0.3 is 6.18 Å². The van der Waals surface area contributed by atoms with Gasteiger partial charge in [0.1, 0.15) is 5.76 Å². The minimum absolute atomic E-state index is 0.372. The number of aryl methyl sites for hydroxylation is 2. The van der Waals surface area contributed by atoms with Crippen molar-refractivity contribution in [2.24, 2.45) is 0 Å². The van der Waals surface area contributed by atoms with Gasteiger partial charge in [0.25, 0.3) is 0 Å². The van der Waals surface area contributed by atoms with Crippen molar-refractivity contribution in [2.45, 2.75) is 32.9 Å². The Balaban J connectivity index is 1.85. The van der Waals surface area contributed by atoms with Gasteiger partial charge in [0, 0.05) is 23.5 Å². The zero-order chi connectivity index (χ0) is 20.8. The molecule has 0 radical (unpaired) electrons. The molecule has 0 spiro atoms. The van der Waals surface area contributed by atoms with E-state index in [1.165, 1.54) is 6.07 Å². The first kappa shape index (κ1) is 19.1. The molecule has 7 heteroatoms. The molecule has 1 aliphatic rings. The molecule has 1 aliphatic heterocycles. The van der Waals surface area contributed by atoms with Crippen LogP contribution in [0.2, 0.25) is 0 Å². The molecule has 3 aromatic rings. The Morgan fingerprint density at radius 1 is 1.17 bits per heavy atom. The van der Waals surface area contributed by atoms with Crippen LogP contribution in [0, 0.1) is 25.2 Å². The van der Waals surface area contributed by atoms with Crippen molar-refractivity contribution < 1.29 is 17.7 Å². The first-order valence-corrected chi connectivity index (χ1v) is 9.25. The molecule has 0 aliphatic carbocycles. The molecule has 4 nitrogen and oxygen atoms in total. The fraction of sp³-hybridized carbons (Fsp3) is 0.273. The Morgan fingerprint density at radius 2 is 1.97 bits per heavy atom. The summed E-state index contributed by atoms with van der Waals surface area (Å²) < 4.78 is 45.6. The number of aromatic nitrogens is 1. The van der Waals surface area contributed by atoms with Crippen molar-refractivity contribution in [2.75, 3.05) is 11.4 Å². The number of alkyl halides is 3. The van der Waals surface area contributed by atoms with E-state index in [0.717, 1.165) is 47.0 Å².